The Morgan fingerprint density at radius 2 is 2.06 bits per heavy atom. The number of nitrogens with one attached hydrogen (secondary N) is 1. The molecule has 1 fully saturated rings. The molecule has 1 heterocycles. The van der Waals surface area contributed by atoms with Gasteiger partial charge in [0.05, 0.1) is 6.04 Å². The predicted octanol–water partition coefficient (Wildman–Crippen LogP) is 1.57. The molecule has 0 aromatic heterocycles. The number of hydrogen-bond donors (Lipinski definition) is 1. The fourth-order valence-electron chi connectivity index (χ4n) is 1.53. The molecule has 100 valence electrons. The topological polar surface area (TPSA) is 41.6 Å². The second-order valence-electron chi connectivity index (χ2n) is 4.06. The fourth-order valence-corrected chi connectivity index (χ4v) is 1.65. The summed E-state index contributed by atoms with van der Waals surface area (Å²) in [4.78, 5) is 13.5. The molecule has 0 unspecified atom stereocenters. The third kappa shape index (κ3) is 3.77. The average molecular weight is 291 g/mol. The van der Waals surface area contributed by atoms with E-state index in [-0.39, 0.29) is 24.9 Å². The number of hydrogen-bond acceptors (Lipinski definition) is 3. The minimum Gasteiger partial charge on any atom is -0.484 e. The van der Waals surface area contributed by atoms with Gasteiger partial charge in [0, 0.05) is 25.2 Å². The van der Waals surface area contributed by atoms with Crippen molar-refractivity contribution in [3.63, 3.8) is 0 Å². The van der Waals surface area contributed by atoms with Crippen LogP contribution in [-0.2, 0) is 4.79 Å². The van der Waals surface area contributed by atoms with Crippen LogP contribution in [0.5, 0.6) is 5.75 Å². The molecule has 18 heavy (non-hydrogen) atoms. The molecule has 1 aromatic rings. The smallest absolute Gasteiger partial charge is 0.260 e. The molecular formula is C12H16Cl2N2O2. The summed E-state index contributed by atoms with van der Waals surface area (Å²) < 4.78 is 5.39. The summed E-state index contributed by atoms with van der Waals surface area (Å²) in [5, 5.41) is 3.78. The molecule has 0 aliphatic carbocycles. The van der Waals surface area contributed by atoms with Crippen molar-refractivity contribution in [3.8, 4) is 5.75 Å². The van der Waals surface area contributed by atoms with E-state index >= 15 is 0 Å². The highest BCUT2D eigenvalue weighted by Crippen LogP contribution is 2.15. The molecule has 0 spiro atoms. The zero-order valence-corrected chi connectivity index (χ0v) is 11.6. The second kappa shape index (κ2) is 6.83. The summed E-state index contributed by atoms with van der Waals surface area (Å²) in [6.07, 6.45) is 0. The maximum absolute atomic E-state index is 11.8. The van der Waals surface area contributed by atoms with Gasteiger partial charge in [-0.25, -0.2) is 0 Å². The largest absolute Gasteiger partial charge is 0.484 e. The Balaban J connectivity index is 0.00000162. The van der Waals surface area contributed by atoms with Crippen LogP contribution in [0, 0.1) is 0 Å². The van der Waals surface area contributed by atoms with Crippen LogP contribution in [0.2, 0.25) is 5.02 Å². The van der Waals surface area contributed by atoms with Crippen LogP contribution in [0.3, 0.4) is 0 Å². The maximum atomic E-state index is 11.8. The number of ether oxygens (including phenoxy) is 1. The number of carbonyl (C=O) groups excluding carboxylic acids is 1. The van der Waals surface area contributed by atoms with Crippen LogP contribution in [0.1, 0.15) is 0 Å². The summed E-state index contributed by atoms with van der Waals surface area (Å²) in [6, 6.07) is 7.28. The highest BCUT2D eigenvalue weighted by molar-refractivity contribution is 6.30. The van der Waals surface area contributed by atoms with Gasteiger partial charge in [-0.15, -0.1) is 12.4 Å². The summed E-state index contributed by atoms with van der Waals surface area (Å²) in [5.74, 6) is 0.648. The van der Waals surface area contributed by atoms with E-state index in [1.807, 2.05) is 0 Å². The number of nitrogens with zero attached hydrogens (tertiary/aromatic N) is 1. The summed E-state index contributed by atoms with van der Waals surface area (Å²) in [7, 11) is 1.80. The van der Waals surface area contributed by atoms with E-state index in [4.69, 9.17) is 16.3 Å². The molecule has 0 radical (unpaired) electrons. The predicted molar refractivity (Wildman–Crippen MR) is 73.6 cm³/mol. The highest BCUT2D eigenvalue weighted by Gasteiger charge is 2.25. The molecule has 4 nitrogen and oxygen atoms in total. The molecule has 1 aromatic carbocycles. The lowest BCUT2D eigenvalue weighted by atomic mass is 10.1. The SMILES string of the molecule is CN(C(=O)COc1ccc(Cl)cc1)C1CNC1.Cl. The van der Waals surface area contributed by atoms with E-state index in [0.29, 0.717) is 16.8 Å². The standard InChI is InChI=1S/C12H15ClN2O2.ClH/c1-15(10-6-14-7-10)12(16)8-17-11-4-2-9(13)3-5-11;/h2-5,10,14H,6-8H2,1H3;1H. The van der Waals surface area contributed by atoms with E-state index in [0.717, 1.165) is 13.1 Å². The van der Waals surface area contributed by atoms with Gasteiger partial charge < -0.3 is 15.0 Å². The van der Waals surface area contributed by atoms with Gasteiger partial charge in [0.2, 0.25) is 0 Å². The molecule has 2 rings (SSSR count). The van der Waals surface area contributed by atoms with Crippen LogP contribution < -0.4 is 10.1 Å². The van der Waals surface area contributed by atoms with Crippen LogP contribution >= 0.6 is 24.0 Å². The Labute approximate surface area is 118 Å². The monoisotopic (exact) mass is 290 g/mol. The van der Waals surface area contributed by atoms with Gasteiger partial charge in [-0.2, -0.15) is 0 Å². The van der Waals surface area contributed by atoms with Crippen molar-refractivity contribution in [2.24, 2.45) is 0 Å². The third-order valence-corrected chi connectivity index (χ3v) is 3.13. The first kappa shape index (κ1) is 15.1. The van der Waals surface area contributed by atoms with Gasteiger partial charge in [0.15, 0.2) is 6.61 Å². The van der Waals surface area contributed by atoms with Gasteiger partial charge >= 0.3 is 0 Å². The van der Waals surface area contributed by atoms with E-state index in [1.165, 1.54) is 0 Å². The molecule has 6 heteroatoms. The number of amides is 1. The normalized spacial score (nSPS) is 14.3. The lowest BCUT2D eigenvalue weighted by Crippen LogP contribution is -2.58. The summed E-state index contributed by atoms with van der Waals surface area (Å²) in [6.45, 7) is 1.79. The zero-order valence-electron chi connectivity index (χ0n) is 10.1. The molecule has 0 bridgehead atoms. The molecular weight excluding hydrogens is 275 g/mol. The number of likely N-dealkylation sites (N-methyl/N-ethyl adjacent to an activating group) is 1. The van der Waals surface area contributed by atoms with Gasteiger partial charge in [-0.1, -0.05) is 11.6 Å². The van der Waals surface area contributed by atoms with Crippen LogP contribution in [0.4, 0.5) is 0 Å². The molecule has 1 aliphatic heterocycles. The lowest BCUT2D eigenvalue weighted by molar-refractivity contribution is -0.135. The first-order chi connectivity index (χ1) is 8.16. The average Bonchev–Trinajstić information content (AvgIpc) is 2.25. The van der Waals surface area contributed by atoms with Gasteiger partial charge in [-0.3, -0.25) is 4.79 Å². The van der Waals surface area contributed by atoms with E-state index in [9.17, 15) is 4.79 Å². The third-order valence-electron chi connectivity index (χ3n) is 2.88. The number of benzene rings is 1. The Hall–Kier alpha value is -0.970. The van der Waals surface area contributed by atoms with Crippen LogP contribution in [0.25, 0.3) is 0 Å². The van der Waals surface area contributed by atoms with Crippen molar-refractivity contribution in [2.75, 3.05) is 26.7 Å². The highest BCUT2D eigenvalue weighted by atomic mass is 35.5. The van der Waals surface area contributed by atoms with Crippen molar-refractivity contribution >= 4 is 29.9 Å². The number of carbonyl (C=O) groups is 1. The molecule has 0 atom stereocenters. The first-order valence-corrected chi connectivity index (χ1v) is 5.89. The Morgan fingerprint density at radius 1 is 1.44 bits per heavy atom. The van der Waals surface area contributed by atoms with Crippen molar-refractivity contribution in [1.82, 2.24) is 10.2 Å². The fraction of sp³-hybridized carbons (Fsp3) is 0.417. The second-order valence-corrected chi connectivity index (χ2v) is 4.50. The van der Waals surface area contributed by atoms with Crippen molar-refractivity contribution in [2.45, 2.75) is 6.04 Å². The quantitative estimate of drug-likeness (QED) is 0.915. The van der Waals surface area contributed by atoms with Crippen molar-refractivity contribution < 1.29 is 9.53 Å². The summed E-state index contributed by atoms with van der Waals surface area (Å²) >= 11 is 5.76. The van der Waals surface area contributed by atoms with E-state index in [1.54, 1.807) is 36.2 Å². The Kier molecular flexibility index (Phi) is 5.72. The van der Waals surface area contributed by atoms with Crippen molar-refractivity contribution in [1.29, 1.82) is 0 Å². The van der Waals surface area contributed by atoms with Gasteiger partial charge in [-0.05, 0) is 24.3 Å². The van der Waals surface area contributed by atoms with E-state index < -0.39 is 0 Å². The Bertz CT molecular complexity index is 394. The summed E-state index contributed by atoms with van der Waals surface area (Å²) in [5.41, 5.74) is 0. The van der Waals surface area contributed by atoms with E-state index in [2.05, 4.69) is 5.32 Å². The van der Waals surface area contributed by atoms with Gasteiger partial charge in [0.25, 0.3) is 5.91 Å². The molecule has 0 saturated carbocycles. The maximum Gasteiger partial charge on any atom is 0.260 e. The number of halogens is 2. The minimum atomic E-state index is -0.00792. The van der Waals surface area contributed by atoms with Gasteiger partial charge in [0.1, 0.15) is 5.75 Å². The lowest BCUT2D eigenvalue weighted by Gasteiger charge is -2.35. The Morgan fingerprint density at radius 3 is 2.56 bits per heavy atom. The van der Waals surface area contributed by atoms with Crippen LogP contribution in [-0.4, -0.2) is 43.6 Å². The zero-order chi connectivity index (χ0) is 12.3. The molecule has 1 N–H and O–H groups in total. The molecule has 1 aliphatic rings. The molecule has 1 amide bonds. The molecule has 1 saturated heterocycles. The van der Waals surface area contributed by atoms with Crippen molar-refractivity contribution in [3.05, 3.63) is 29.3 Å². The first-order valence-electron chi connectivity index (χ1n) is 5.51. The number of rotatable bonds is 4. The minimum absolute atomic E-state index is 0. The van der Waals surface area contributed by atoms with Crippen LogP contribution in [0.15, 0.2) is 24.3 Å².